The number of carboxylic acid groups (broad SMARTS) is 1. The van der Waals surface area contributed by atoms with Crippen molar-refractivity contribution in [2.75, 3.05) is 13.1 Å². The molecule has 0 atom stereocenters. The number of carbonyl (C=O) groups excluding carboxylic acids is 1. The molecular weight excluding hydrogens is 192 g/mol. The third kappa shape index (κ3) is 5.12. The topological polar surface area (TPSA) is 56.0 Å². The number of aryl methyl sites for hydroxylation is 1. The smallest absolute Gasteiger partial charge is 0.168 e. The molecule has 0 bridgehead atoms. The second-order valence-electron chi connectivity index (χ2n) is 3.49. The number of rotatable bonds is 6. The zero-order valence-corrected chi connectivity index (χ0v) is 8.90. The zero-order valence-electron chi connectivity index (χ0n) is 8.90. The van der Waals surface area contributed by atoms with Crippen molar-refractivity contribution in [1.82, 2.24) is 5.32 Å². The highest BCUT2D eigenvalue weighted by molar-refractivity contribution is 5.64. The Bertz CT molecular complexity index is 309. The molecule has 0 radical (unpaired) electrons. The van der Waals surface area contributed by atoms with Gasteiger partial charge in [-0.2, -0.15) is 0 Å². The van der Waals surface area contributed by atoms with Crippen molar-refractivity contribution in [2.45, 2.75) is 12.8 Å². The third-order valence-corrected chi connectivity index (χ3v) is 2.14. The van der Waals surface area contributed by atoms with E-state index in [1.54, 1.807) is 0 Å². The lowest BCUT2D eigenvalue weighted by Crippen LogP contribution is -2.29. The fourth-order valence-electron chi connectivity index (χ4n) is 1.25. The molecule has 0 amide bonds. The lowest BCUT2D eigenvalue weighted by Gasteiger charge is -2.04. The van der Waals surface area contributed by atoms with Gasteiger partial charge in [0.25, 0.3) is 0 Å². The molecule has 0 aliphatic rings. The first kappa shape index (κ1) is 11.7. The SMILES string of the molecule is C[n+]1ccc(CCNCCC(=O)[O-])cc1. The molecular formula is C11H16N2O2. The summed E-state index contributed by atoms with van der Waals surface area (Å²) in [5.41, 5.74) is 1.24. The summed E-state index contributed by atoms with van der Waals surface area (Å²) in [7, 11) is 1.97. The molecule has 0 aromatic carbocycles. The van der Waals surface area contributed by atoms with E-state index in [9.17, 15) is 9.90 Å². The number of carbonyl (C=O) groups is 1. The molecule has 1 heterocycles. The first-order valence-electron chi connectivity index (χ1n) is 5.03. The minimum Gasteiger partial charge on any atom is -0.550 e. The van der Waals surface area contributed by atoms with E-state index < -0.39 is 5.97 Å². The maximum absolute atomic E-state index is 10.1. The summed E-state index contributed by atoms with van der Waals surface area (Å²) in [4.78, 5) is 10.1. The van der Waals surface area contributed by atoms with Crippen molar-refractivity contribution in [3.8, 4) is 0 Å². The van der Waals surface area contributed by atoms with Gasteiger partial charge in [-0.1, -0.05) is 0 Å². The number of pyridine rings is 1. The Hall–Kier alpha value is -1.42. The maximum atomic E-state index is 10.1. The number of hydrogen-bond acceptors (Lipinski definition) is 3. The summed E-state index contributed by atoms with van der Waals surface area (Å²) in [6, 6.07) is 4.11. The number of nitrogens with zero attached hydrogens (tertiary/aromatic N) is 1. The second-order valence-corrected chi connectivity index (χ2v) is 3.49. The molecule has 1 N–H and O–H groups in total. The predicted octanol–water partition coefficient (Wildman–Crippen LogP) is -1.22. The molecule has 0 aliphatic heterocycles. The molecule has 0 saturated carbocycles. The normalized spacial score (nSPS) is 10.2. The molecule has 1 rings (SSSR count). The third-order valence-electron chi connectivity index (χ3n) is 2.14. The minimum atomic E-state index is -1.01. The Labute approximate surface area is 89.6 Å². The predicted molar refractivity (Wildman–Crippen MR) is 53.8 cm³/mol. The van der Waals surface area contributed by atoms with Crippen LogP contribution in [-0.4, -0.2) is 19.1 Å². The summed E-state index contributed by atoms with van der Waals surface area (Å²) in [6.07, 6.45) is 4.98. The van der Waals surface area contributed by atoms with Crippen LogP contribution >= 0.6 is 0 Å². The van der Waals surface area contributed by atoms with E-state index >= 15 is 0 Å². The van der Waals surface area contributed by atoms with Crippen molar-refractivity contribution in [2.24, 2.45) is 7.05 Å². The number of carboxylic acids is 1. The summed E-state index contributed by atoms with van der Waals surface area (Å²) < 4.78 is 1.98. The summed E-state index contributed by atoms with van der Waals surface area (Å²) in [5, 5.41) is 13.2. The standard InChI is InChI=1S/C11H16N2O2/c1-13-8-4-10(5-9-13)2-6-12-7-3-11(14)15/h4-5,8-9,12H,2-3,6-7H2,1H3. The molecule has 0 unspecified atom stereocenters. The maximum Gasteiger partial charge on any atom is 0.168 e. The van der Waals surface area contributed by atoms with Gasteiger partial charge in [0.1, 0.15) is 7.05 Å². The minimum absolute atomic E-state index is 0.0732. The summed E-state index contributed by atoms with van der Waals surface area (Å²) >= 11 is 0. The van der Waals surface area contributed by atoms with Crippen molar-refractivity contribution in [3.05, 3.63) is 30.1 Å². The van der Waals surface area contributed by atoms with Crippen LogP contribution in [0.4, 0.5) is 0 Å². The molecule has 0 spiro atoms. The quantitative estimate of drug-likeness (QED) is 0.471. The number of aliphatic carboxylic acids is 1. The van der Waals surface area contributed by atoms with E-state index in [0.29, 0.717) is 6.54 Å². The Morgan fingerprint density at radius 1 is 1.40 bits per heavy atom. The molecule has 0 saturated heterocycles. The van der Waals surface area contributed by atoms with Gasteiger partial charge in [-0.3, -0.25) is 0 Å². The summed E-state index contributed by atoms with van der Waals surface area (Å²) in [5.74, 6) is -1.01. The van der Waals surface area contributed by atoms with E-state index in [4.69, 9.17) is 0 Å². The van der Waals surface area contributed by atoms with Crippen molar-refractivity contribution < 1.29 is 14.5 Å². The Kier molecular flexibility index (Phi) is 4.77. The first-order chi connectivity index (χ1) is 7.18. The number of nitrogens with one attached hydrogen (secondary N) is 1. The fourth-order valence-corrected chi connectivity index (χ4v) is 1.25. The van der Waals surface area contributed by atoms with Crippen LogP contribution < -0.4 is 15.0 Å². The van der Waals surface area contributed by atoms with Crippen LogP contribution in [0, 0.1) is 0 Å². The second kappa shape index (κ2) is 6.14. The van der Waals surface area contributed by atoms with E-state index in [1.165, 1.54) is 5.56 Å². The molecule has 82 valence electrons. The number of hydrogen-bond donors (Lipinski definition) is 1. The Balaban J connectivity index is 2.15. The molecule has 1 aromatic heterocycles. The van der Waals surface area contributed by atoms with Crippen molar-refractivity contribution in [3.63, 3.8) is 0 Å². The molecule has 0 fully saturated rings. The number of aromatic nitrogens is 1. The molecule has 15 heavy (non-hydrogen) atoms. The van der Waals surface area contributed by atoms with Crippen molar-refractivity contribution >= 4 is 5.97 Å². The van der Waals surface area contributed by atoms with Crippen LogP contribution in [0.5, 0.6) is 0 Å². The van der Waals surface area contributed by atoms with E-state index in [1.807, 2.05) is 24.0 Å². The van der Waals surface area contributed by atoms with Crippen molar-refractivity contribution in [1.29, 1.82) is 0 Å². The van der Waals surface area contributed by atoms with Crippen LogP contribution in [0.2, 0.25) is 0 Å². The van der Waals surface area contributed by atoms with Gasteiger partial charge in [-0.05, 0) is 24.9 Å². The summed E-state index contributed by atoms with van der Waals surface area (Å²) in [6.45, 7) is 1.27. The van der Waals surface area contributed by atoms with Crippen LogP contribution in [0.3, 0.4) is 0 Å². The highest BCUT2D eigenvalue weighted by Crippen LogP contribution is 1.94. The van der Waals surface area contributed by atoms with Crippen LogP contribution in [0.15, 0.2) is 24.5 Å². The largest absolute Gasteiger partial charge is 0.550 e. The first-order valence-corrected chi connectivity index (χ1v) is 5.03. The average Bonchev–Trinajstić information content (AvgIpc) is 2.20. The molecule has 4 nitrogen and oxygen atoms in total. The van der Waals surface area contributed by atoms with Crippen LogP contribution in [0.25, 0.3) is 0 Å². The van der Waals surface area contributed by atoms with Gasteiger partial charge in [-0.25, -0.2) is 4.57 Å². The van der Waals surface area contributed by atoms with Gasteiger partial charge in [0.05, 0.1) is 0 Å². The molecule has 0 aliphatic carbocycles. The van der Waals surface area contributed by atoms with E-state index in [0.717, 1.165) is 13.0 Å². The van der Waals surface area contributed by atoms with Gasteiger partial charge in [0.2, 0.25) is 0 Å². The lowest BCUT2D eigenvalue weighted by molar-refractivity contribution is -0.671. The van der Waals surface area contributed by atoms with E-state index in [-0.39, 0.29) is 6.42 Å². The fraction of sp³-hybridized carbons (Fsp3) is 0.455. The van der Waals surface area contributed by atoms with Gasteiger partial charge >= 0.3 is 0 Å². The average molecular weight is 208 g/mol. The Morgan fingerprint density at radius 2 is 2.07 bits per heavy atom. The van der Waals surface area contributed by atoms with E-state index in [2.05, 4.69) is 17.4 Å². The highest BCUT2D eigenvalue weighted by atomic mass is 16.4. The Morgan fingerprint density at radius 3 is 2.67 bits per heavy atom. The lowest BCUT2D eigenvalue weighted by atomic mass is 10.2. The monoisotopic (exact) mass is 208 g/mol. The molecule has 1 aromatic rings. The molecule has 4 heteroatoms. The van der Waals surface area contributed by atoms with Gasteiger partial charge in [0.15, 0.2) is 12.4 Å². The zero-order chi connectivity index (χ0) is 11.1. The van der Waals surface area contributed by atoms with Gasteiger partial charge < -0.3 is 15.2 Å². The van der Waals surface area contributed by atoms with Gasteiger partial charge in [-0.15, -0.1) is 0 Å². The highest BCUT2D eigenvalue weighted by Gasteiger charge is 1.95. The van der Waals surface area contributed by atoms with Gasteiger partial charge in [0, 0.05) is 24.6 Å². The van der Waals surface area contributed by atoms with Crippen LogP contribution in [0.1, 0.15) is 12.0 Å². The van der Waals surface area contributed by atoms with Crippen LogP contribution in [-0.2, 0) is 18.3 Å².